The van der Waals surface area contributed by atoms with Gasteiger partial charge in [0.25, 0.3) is 0 Å². The third kappa shape index (κ3) is 5.25. The summed E-state index contributed by atoms with van der Waals surface area (Å²) in [5.74, 6) is 0.273. The zero-order valence-corrected chi connectivity index (χ0v) is 25.4. The Labute approximate surface area is 261 Å². The number of benzene rings is 4. The molecule has 0 amide bonds. The van der Waals surface area contributed by atoms with Crippen molar-refractivity contribution in [3.8, 4) is 28.3 Å². The number of furan rings is 1. The number of hydrogen-bond acceptors (Lipinski definition) is 4. The van der Waals surface area contributed by atoms with Crippen LogP contribution in [0, 0.1) is 24.9 Å². The first-order chi connectivity index (χ1) is 20.7. The van der Waals surface area contributed by atoms with E-state index in [4.69, 9.17) is 9.40 Å². The van der Waals surface area contributed by atoms with Crippen molar-refractivity contribution in [2.75, 3.05) is 0 Å². The van der Waals surface area contributed by atoms with Gasteiger partial charge in [0, 0.05) is 49.4 Å². The Bertz CT molecular complexity index is 2120. The number of rotatable bonds is 3. The molecule has 0 unspecified atom stereocenters. The zero-order valence-electron chi connectivity index (χ0n) is 23.0. The summed E-state index contributed by atoms with van der Waals surface area (Å²) >= 11 is 0. The summed E-state index contributed by atoms with van der Waals surface area (Å²) in [5.41, 5.74) is 7.20. The van der Waals surface area contributed by atoms with Gasteiger partial charge in [-0.05, 0) is 48.3 Å². The van der Waals surface area contributed by atoms with Crippen LogP contribution in [0.5, 0.6) is 0 Å². The summed E-state index contributed by atoms with van der Waals surface area (Å²) in [7, 11) is 0. The number of nitrogens with zero attached hydrogens (tertiary/aromatic N) is 4. The minimum atomic E-state index is -0.362. The normalized spacial score (nSPS) is 10.8. The first-order valence-electron chi connectivity index (χ1n) is 13.5. The van der Waals surface area contributed by atoms with Gasteiger partial charge in [-0.3, -0.25) is 14.4 Å². The second kappa shape index (κ2) is 12.1. The van der Waals surface area contributed by atoms with Crippen molar-refractivity contribution in [3.05, 3.63) is 145 Å². The molecule has 8 aromatic rings. The standard InChI is InChI=1S/C25H15FN3O.C11H8N.Ir/c1-15-23-20(13-14-27-15)28-25(29(23)16-7-3-2-4-8-16)18-11-12-19(26)22-17-9-5-6-10-21(17)30-24(18)22;1-2-6-10(7-3-1)11-8-4-5-9-12-11;/h2-10,12-14H,1H3;1-6,8-9H;/q2*-1;. The van der Waals surface area contributed by atoms with Gasteiger partial charge in [-0.15, -0.1) is 48.0 Å². The number of para-hydroxylation sites is 2. The molecule has 0 spiro atoms. The van der Waals surface area contributed by atoms with E-state index in [1.165, 1.54) is 6.07 Å². The van der Waals surface area contributed by atoms with Gasteiger partial charge in [0.2, 0.25) is 0 Å². The Kier molecular flexibility index (Phi) is 7.92. The molecule has 0 saturated heterocycles. The van der Waals surface area contributed by atoms with E-state index in [1.54, 1.807) is 12.4 Å². The molecule has 0 fully saturated rings. The summed E-state index contributed by atoms with van der Waals surface area (Å²) in [6.45, 7) is 1.96. The molecule has 211 valence electrons. The van der Waals surface area contributed by atoms with E-state index in [-0.39, 0.29) is 25.9 Å². The topological polar surface area (TPSA) is 56.7 Å². The van der Waals surface area contributed by atoms with Crippen LogP contribution in [0.4, 0.5) is 4.39 Å². The molecule has 4 heterocycles. The van der Waals surface area contributed by atoms with Crippen molar-refractivity contribution in [1.82, 2.24) is 19.5 Å². The average Bonchev–Trinajstić information content (AvgIpc) is 3.64. The largest absolute Gasteiger partial charge is 0.500 e. The Morgan fingerprint density at radius 2 is 1.58 bits per heavy atom. The van der Waals surface area contributed by atoms with E-state index in [2.05, 4.69) is 22.1 Å². The average molecular weight is 739 g/mol. The van der Waals surface area contributed by atoms with Gasteiger partial charge in [0.1, 0.15) is 5.58 Å². The van der Waals surface area contributed by atoms with Gasteiger partial charge in [-0.1, -0.05) is 54.1 Å². The number of aryl methyl sites for hydroxylation is 1. The van der Waals surface area contributed by atoms with Gasteiger partial charge in [0.15, 0.2) is 0 Å². The molecule has 0 N–H and O–H groups in total. The fourth-order valence-electron chi connectivity index (χ4n) is 5.15. The summed E-state index contributed by atoms with van der Waals surface area (Å²) in [4.78, 5) is 13.6. The second-order valence-corrected chi connectivity index (χ2v) is 9.68. The van der Waals surface area contributed by atoms with Crippen LogP contribution in [0.2, 0.25) is 0 Å². The van der Waals surface area contributed by atoms with Crippen molar-refractivity contribution in [2.45, 2.75) is 6.92 Å². The third-order valence-electron chi connectivity index (χ3n) is 7.04. The maximum atomic E-state index is 14.8. The fraction of sp³-hybridized carbons (Fsp3) is 0.0278. The molecule has 1 radical (unpaired) electrons. The smallest absolute Gasteiger partial charge is 0.121 e. The van der Waals surface area contributed by atoms with Crippen LogP contribution in [-0.2, 0) is 20.1 Å². The number of imidazole rings is 1. The zero-order chi connectivity index (χ0) is 28.5. The van der Waals surface area contributed by atoms with Crippen LogP contribution in [-0.4, -0.2) is 19.5 Å². The third-order valence-corrected chi connectivity index (χ3v) is 7.04. The Morgan fingerprint density at radius 3 is 2.37 bits per heavy atom. The van der Waals surface area contributed by atoms with Gasteiger partial charge in [-0.25, -0.2) is 0 Å². The number of aromatic nitrogens is 4. The molecule has 0 aliphatic heterocycles. The van der Waals surface area contributed by atoms with E-state index < -0.39 is 0 Å². The van der Waals surface area contributed by atoms with E-state index >= 15 is 0 Å². The minimum absolute atomic E-state index is 0. The molecule has 0 aliphatic carbocycles. The maximum Gasteiger partial charge on any atom is 0.121 e. The van der Waals surface area contributed by atoms with Crippen molar-refractivity contribution < 1.29 is 28.9 Å². The van der Waals surface area contributed by atoms with Crippen molar-refractivity contribution >= 4 is 33.0 Å². The molecule has 0 aliphatic rings. The SMILES string of the molecule is Cc1nccc2nc(-c3[c-]cc(F)c4c3oc3ccccc34)n(-c3ccccc3)c12.[Ir].[c-]1ccccc1-c1ccccn1. The summed E-state index contributed by atoms with van der Waals surface area (Å²) in [5, 5.41) is 1.18. The van der Waals surface area contributed by atoms with Gasteiger partial charge in [0.05, 0.1) is 28.1 Å². The van der Waals surface area contributed by atoms with Crippen LogP contribution in [0.3, 0.4) is 0 Å². The number of hydrogen-bond donors (Lipinski definition) is 0. The van der Waals surface area contributed by atoms with Crippen LogP contribution in [0.15, 0.2) is 126 Å². The van der Waals surface area contributed by atoms with Crippen molar-refractivity contribution in [3.63, 3.8) is 0 Å². The molecule has 0 saturated carbocycles. The van der Waals surface area contributed by atoms with Gasteiger partial charge < -0.3 is 14.0 Å². The molecule has 4 aromatic heterocycles. The van der Waals surface area contributed by atoms with Crippen LogP contribution in [0.25, 0.3) is 61.3 Å². The van der Waals surface area contributed by atoms with Crippen molar-refractivity contribution in [2.24, 2.45) is 0 Å². The maximum absolute atomic E-state index is 14.8. The fourth-order valence-corrected chi connectivity index (χ4v) is 5.15. The van der Waals surface area contributed by atoms with E-state index in [0.717, 1.165) is 39.1 Å². The minimum Gasteiger partial charge on any atom is -0.500 e. The molecule has 7 heteroatoms. The number of halogens is 1. The summed E-state index contributed by atoms with van der Waals surface area (Å²) in [6, 6.07) is 40.5. The molecule has 43 heavy (non-hydrogen) atoms. The van der Waals surface area contributed by atoms with Crippen LogP contribution in [0.1, 0.15) is 5.69 Å². The molecule has 8 rings (SSSR count). The van der Waals surface area contributed by atoms with Crippen LogP contribution >= 0.6 is 0 Å². The van der Waals surface area contributed by atoms with Crippen LogP contribution < -0.4 is 0 Å². The first-order valence-corrected chi connectivity index (χ1v) is 13.5. The molecule has 4 aromatic carbocycles. The molecular weight excluding hydrogens is 716 g/mol. The molecule has 0 atom stereocenters. The Morgan fingerprint density at radius 1 is 0.791 bits per heavy atom. The van der Waals surface area contributed by atoms with Gasteiger partial charge >= 0.3 is 0 Å². The Hall–Kier alpha value is -4.97. The summed E-state index contributed by atoms with van der Waals surface area (Å²) < 4.78 is 22.9. The van der Waals surface area contributed by atoms with E-state index in [1.807, 2.05) is 115 Å². The number of fused-ring (bicyclic) bond motifs is 4. The van der Waals surface area contributed by atoms with E-state index in [0.29, 0.717) is 27.9 Å². The van der Waals surface area contributed by atoms with Gasteiger partial charge in [-0.2, -0.15) is 0 Å². The molecule has 0 bridgehead atoms. The predicted molar refractivity (Wildman–Crippen MR) is 164 cm³/mol. The molecular formula is C36H23FIrN4O-2. The monoisotopic (exact) mass is 739 g/mol. The summed E-state index contributed by atoms with van der Waals surface area (Å²) in [6.07, 6.45) is 3.53. The number of pyridine rings is 2. The van der Waals surface area contributed by atoms with Crippen molar-refractivity contribution in [1.29, 1.82) is 0 Å². The predicted octanol–water partition coefficient (Wildman–Crippen LogP) is 8.78. The first kappa shape index (κ1) is 28.2. The van der Waals surface area contributed by atoms with E-state index in [9.17, 15) is 4.39 Å². The quantitative estimate of drug-likeness (QED) is 0.170. The second-order valence-electron chi connectivity index (χ2n) is 9.68. The molecule has 5 nitrogen and oxygen atoms in total. The Balaban J connectivity index is 0.000000213.